The molecular weight excluding hydrogens is 326 g/mol. The average molecular weight is 349 g/mol. The number of aryl methyl sites for hydroxylation is 3. The summed E-state index contributed by atoms with van der Waals surface area (Å²) in [5.41, 5.74) is 5.97. The zero-order valence-corrected chi connectivity index (χ0v) is 15.2. The van der Waals surface area contributed by atoms with E-state index >= 15 is 0 Å². The fraction of sp³-hybridized carbons (Fsp3) is 0.350. The summed E-state index contributed by atoms with van der Waals surface area (Å²) in [7, 11) is 0. The molecule has 3 aromatic rings. The van der Waals surface area contributed by atoms with Crippen molar-refractivity contribution >= 4 is 11.6 Å². The predicted octanol–water partition coefficient (Wildman–Crippen LogP) is 3.41. The highest BCUT2D eigenvalue weighted by atomic mass is 16.1. The molecule has 3 heterocycles. The van der Waals surface area contributed by atoms with Gasteiger partial charge < -0.3 is 9.88 Å². The molecule has 0 radical (unpaired) electrons. The van der Waals surface area contributed by atoms with Crippen LogP contribution >= 0.6 is 0 Å². The van der Waals surface area contributed by atoms with Gasteiger partial charge >= 0.3 is 0 Å². The van der Waals surface area contributed by atoms with Crippen LogP contribution in [0.5, 0.6) is 0 Å². The van der Waals surface area contributed by atoms with Crippen molar-refractivity contribution in [3.63, 3.8) is 0 Å². The van der Waals surface area contributed by atoms with Crippen molar-refractivity contribution in [2.24, 2.45) is 0 Å². The van der Waals surface area contributed by atoms with E-state index in [2.05, 4.69) is 25.1 Å². The monoisotopic (exact) mass is 349 g/mol. The first-order valence-corrected chi connectivity index (χ1v) is 9.07. The maximum atomic E-state index is 12.3. The van der Waals surface area contributed by atoms with Gasteiger partial charge in [0, 0.05) is 40.9 Å². The number of hydrogen-bond acceptors (Lipinski definition) is 3. The van der Waals surface area contributed by atoms with E-state index in [9.17, 15) is 4.79 Å². The van der Waals surface area contributed by atoms with E-state index < -0.39 is 0 Å². The molecule has 1 amide bonds. The molecule has 0 unspecified atom stereocenters. The van der Waals surface area contributed by atoms with Crippen LogP contribution in [0.2, 0.25) is 0 Å². The van der Waals surface area contributed by atoms with E-state index in [1.165, 1.54) is 18.5 Å². The Bertz CT molecular complexity index is 916. The maximum absolute atomic E-state index is 12.3. The lowest BCUT2D eigenvalue weighted by Gasteiger charge is -2.16. The number of aromatic nitrogens is 4. The summed E-state index contributed by atoms with van der Waals surface area (Å²) in [6.45, 7) is 4.88. The summed E-state index contributed by atoms with van der Waals surface area (Å²) in [6, 6.07) is 7.92. The Morgan fingerprint density at radius 1 is 1.23 bits per heavy atom. The van der Waals surface area contributed by atoms with Crippen LogP contribution in [0.15, 0.2) is 30.5 Å². The van der Waals surface area contributed by atoms with Crippen LogP contribution in [0.4, 0.5) is 5.69 Å². The fourth-order valence-electron chi connectivity index (χ4n) is 3.57. The molecule has 4 rings (SSSR count). The molecule has 6 nitrogen and oxygen atoms in total. The van der Waals surface area contributed by atoms with Crippen LogP contribution in [-0.4, -0.2) is 25.7 Å². The lowest BCUT2D eigenvalue weighted by molar-refractivity contribution is -0.115. The number of H-pyrrole nitrogens is 1. The molecule has 134 valence electrons. The first-order valence-electron chi connectivity index (χ1n) is 9.07. The van der Waals surface area contributed by atoms with Gasteiger partial charge in [0.15, 0.2) is 0 Å². The number of aromatic amines is 1. The fourth-order valence-corrected chi connectivity index (χ4v) is 3.57. The molecule has 1 aliphatic rings. The summed E-state index contributed by atoms with van der Waals surface area (Å²) in [5, 5.41) is 10.0. The third kappa shape index (κ3) is 3.14. The highest BCUT2D eigenvalue weighted by molar-refractivity contribution is 5.92. The van der Waals surface area contributed by atoms with Crippen LogP contribution in [0.1, 0.15) is 35.5 Å². The predicted molar refractivity (Wildman–Crippen MR) is 101 cm³/mol. The highest BCUT2D eigenvalue weighted by Gasteiger charge is 2.15. The van der Waals surface area contributed by atoms with Crippen LogP contribution in [0.3, 0.4) is 0 Å². The van der Waals surface area contributed by atoms with Gasteiger partial charge in [0.1, 0.15) is 5.82 Å². The number of carbonyl (C=O) groups is 1. The third-order valence-electron chi connectivity index (χ3n) is 5.05. The van der Waals surface area contributed by atoms with Crippen molar-refractivity contribution < 1.29 is 4.79 Å². The van der Waals surface area contributed by atoms with Gasteiger partial charge in [-0.3, -0.25) is 9.89 Å². The summed E-state index contributed by atoms with van der Waals surface area (Å²) in [4.78, 5) is 16.9. The Morgan fingerprint density at radius 2 is 2.04 bits per heavy atom. The lowest BCUT2D eigenvalue weighted by atomic mass is 10.1. The molecule has 1 aliphatic heterocycles. The molecule has 1 aromatic carbocycles. The van der Waals surface area contributed by atoms with Crippen molar-refractivity contribution in [3.05, 3.63) is 53.1 Å². The van der Waals surface area contributed by atoms with Crippen LogP contribution in [0.25, 0.3) is 11.4 Å². The zero-order valence-electron chi connectivity index (χ0n) is 15.2. The number of hydrogen-bond donors (Lipinski definition) is 2. The third-order valence-corrected chi connectivity index (χ3v) is 5.05. The molecule has 0 bridgehead atoms. The Kier molecular flexibility index (Phi) is 4.32. The number of nitrogens with one attached hydrogen (secondary N) is 2. The normalized spacial score (nSPS) is 13.5. The minimum absolute atomic E-state index is 0.0384. The lowest BCUT2D eigenvalue weighted by Crippen LogP contribution is -2.15. The molecule has 0 aliphatic carbocycles. The molecular formula is C20H23N5O. The van der Waals surface area contributed by atoms with Gasteiger partial charge in [-0.25, -0.2) is 4.98 Å². The second-order valence-electron chi connectivity index (χ2n) is 6.90. The Hall–Kier alpha value is -2.89. The van der Waals surface area contributed by atoms with Gasteiger partial charge in [0.25, 0.3) is 0 Å². The number of benzene rings is 1. The number of fused-ring (bicyclic) bond motifs is 1. The molecule has 0 spiro atoms. The maximum Gasteiger partial charge on any atom is 0.228 e. The smallest absolute Gasteiger partial charge is 0.228 e. The number of nitrogens with zero attached hydrogens (tertiary/aromatic N) is 3. The number of amides is 1. The summed E-state index contributed by atoms with van der Waals surface area (Å²) >= 11 is 0. The van der Waals surface area contributed by atoms with Crippen LogP contribution in [-0.2, 0) is 24.2 Å². The summed E-state index contributed by atoms with van der Waals surface area (Å²) < 4.78 is 2.31. The van der Waals surface area contributed by atoms with E-state index in [4.69, 9.17) is 0 Å². The molecule has 0 saturated carbocycles. The minimum Gasteiger partial charge on any atom is -0.328 e. The van der Waals surface area contributed by atoms with Gasteiger partial charge in [-0.2, -0.15) is 5.10 Å². The highest BCUT2D eigenvalue weighted by Crippen LogP contribution is 2.25. The van der Waals surface area contributed by atoms with Crippen LogP contribution < -0.4 is 5.32 Å². The molecule has 0 saturated heterocycles. The Balaban J connectivity index is 1.46. The Morgan fingerprint density at radius 3 is 2.77 bits per heavy atom. The molecule has 2 aromatic heterocycles. The van der Waals surface area contributed by atoms with E-state index in [0.29, 0.717) is 6.42 Å². The standard InChI is InChI=1S/C20H23N5O/c1-13-18(14(2)24-23-13)11-19(26)22-16-8-6-15(7-9-16)20-21-12-17-5-3-4-10-25(17)20/h6-9,12H,3-5,10-11H2,1-2H3,(H,22,26)(H,23,24). The topological polar surface area (TPSA) is 75.6 Å². The largest absolute Gasteiger partial charge is 0.328 e. The second-order valence-corrected chi connectivity index (χ2v) is 6.90. The molecule has 0 fully saturated rings. The van der Waals surface area contributed by atoms with Gasteiger partial charge in [-0.1, -0.05) is 0 Å². The van der Waals surface area contributed by atoms with Gasteiger partial charge in [-0.05, 0) is 57.4 Å². The number of anilines is 1. The Labute approximate surface area is 152 Å². The minimum atomic E-state index is -0.0384. The SMILES string of the molecule is Cc1n[nH]c(C)c1CC(=O)Nc1ccc(-c2ncc3n2CCCC3)cc1. The second kappa shape index (κ2) is 6.78. The van der Waals surface area contributed by atoms with Crippen molar-refractivity contribution in [2.45, 2.75) is 46.1 Å². The van der Waals surface area contributed by atoms with Crippen molar-refractivity contribution in [3.8, 4) is 11.4 Å². The van der Waals surface area contributed by atoms with E-state index in [-0.39, 0.29) is 5.91 Å². The average Bonchev–Trinajstić information content (AvgIpc) is 3.21. The quantitative estimate of drug-likeness (QED) is 0.758. The summed E-state index contributed by atoms with van der Waals surface area (Å²) in [6.07, 6.45) is 5.86. The van der Waals surface area contributed by atoms with E-state index in [1.807, 2.05) is 44.3 Å². The van der Waals surface area contributed by atoms with Crippen molar-refractivity contribution in [1.82, 2.24) is 19.7 Å². The molecule has 6 heteroatoms. The molecule has 2 N–H and O–H groups in total. The number of imidazole rings is 1. The van der Waals surface area contributed by atoms with Crippen molar-refractivity contribution in [2.75, 3.05) is 5.32 Å². The van der Waals surface area contributed by atoms with Crippen LogP contribution in [0, 0.1) is 13.8 Å². The van der Waals surface area contributed by atoms with Gasteiger partial charge in [-0.15, -0.1) is 0 Å². The number of carbonyl (C=O) groups excluding carboxylic acids is 1. The van der Waals surface area contributed by atoms with E-state index in [1.54, 1.807) is 0 Å². The first kappa shape index (κ1) is 16.6. The van der Waals surface area contributed by atoms with E-state index in [0.717, 1.165) is 47.0 Å². The van der Waals surface area contributed by atoms with Gasteiger partial charge in [0.2, 0.25) is 5.91 Å². The first-order chi connectivity index (χ1) is 12.6. The zero-order chi connectivity index (χ0) is 18.1. The molecule has 26 heavy (non-hydrogen) atoms. The summed E-state index contributed by atoms with van der Waals surface area (Å²) in [5.74, 6) is 0.978. The van der Waals surface area contributed by atoms with Gasteiger partial charge in [0.05, 0.1) is 12.1 Å². The van der Waals surface area contributed by atoms with Crippen molar-refractivity contribution in [1.29, 1.82) is 0 Å². The molecule has 0 atom stereocenters. The number of rotatable bonds is 4.